The van der Waals surface area contributed by atoms with Crippen molar-refractivity contribution in [2.75, 3.05) is 6.54 Å². The third-order valence-corrected chi connectivity index (χ3v) is 4.35. The Morgan fingerprint density at radius 3 is 2.72 bits per heavy atom. The topological polar surface area (TPSA) is 94.0 Å². The molecule has 3 amide bonds. The van der Waals surface area contributed by atoms with Gasteiger partial charge in [0.2, 0.25) is 5.91 Å². The molecule has 0 saturated heterocycles. The Morgan fingerprint density at radius 1 is 1.16 bits per heavy atom. The van der Waals surface area contributed by atoms with Crippen LogP contribution in [0.4, 0.5) is 4.79 Å². The molecule has 1 fully saturated rings. The molecular weight excluding hydrogens is 316 g/mol. The molecule has 2 rings (SSSR count). The minimum absolute atomic E-state index is 0.0585. The molecule has 0 atom stereocenters. The lowest BCUT2D eigenvalue weighted by Gasteiger charge is -2.22. The number of carbonyl (C=O) groups is 2. The Hall–Kier alpha value is -2.55. The van der Waals surface area contributed by atoms with E-state index in [4.69, 9.17) is 5.26 Å². The first-order chi connectivity index (χ1) is 12.2. The normalized spacial score (nSPS) is 14.4. The van der Waals surface area contributed by atoms with Crippen molar-refractivity contribution < 1.29 is 9.59 Å². The lowest BCUT2D eigenvalue weighted by Crippen LogP contribution is -2.43. The molecule has 0 aliphatic heterocycles. The van der Waals surface area contributed by atoms with Crippen molar-refractivity contribution in [1.29, 1.82) is 5.26 Å². The molecule has 0 bridgehead atoms. The van der Waals surface area contributed by atoms with Crippen molar-refractivity contribution >= 4 is 11.9 Å². The van der Waals surface area contributed by atoms with Crippen molar-refractivity contribution in [3.63, 3.8) is 0 Å². The molecule has 6 heteroatoms. The number of benzene rings is 1. The van der Waals surface area contributed by atoms with Crippen LogP contribution >= 0.6 is 0 Å². The maximum absolute atomic E-state index is 11.8. The summed E-state index contributed by atoms with van der Waals surface area (Å²) in [5.74, 6) is -0.0585. The summed E-state index contributed by atoms with van der Waals surface area (Å²) in [5.41, 5.74) is 1.48. The number of nitrogens with one attached hydrogen (secondary N) is 3. The second-order valence-electron chi connectivity index (χ2n) is 6.43. The van der Waals surface area contributed by atoms with Gasteiger partial charge in [-0.15, -0.1) is 0 Å². The van der Waals surface area contributed by atoms with Crippen molar-refractivity contribution in [1.82, 2.24) is 16.0 Å². The highest BCUT2D eigenvalue weighted by Gasteiger charge is 2.15. The smallest absolute Gasteiger partial charge is 0.315 e. The Morgan fingerprint density at radius 2 is 1.96 bits per heavy atom. The minimum Gasteiger partial charge on any atom is -0.352 e. The number of carbonyl (C=O) groups excluding carboxylic acids is 2. The summed E-state index contributed by atoms with van der Waals surface area (Å²) in [7, 11) is 0. The molecule has 1 aliphatic carbocycles. The van der Waals surface area contributed by atoms with E-state index in [0.29, 0.717) is 37.5 Å². The average Bonchev–Trinajstić information content (AvgIpc) is 2.64. The zero-order valence-corrected chi connectivity index (χ0v) is 14.5. The maximum Gasteiger partial charge on any atom is 0.315 e. The molecule has 1 aromatic rings. The zero-order chi connectivity index (χ0) is 17.9. The highest BCUT2D eigenvalue weighted by Crippen LogP contribution is 2.17. The third-order valence-electron chi connectivity index (χ3n) is 4.35. The van der Waals surface area contributed by atoms with Crippen LogP contribution in [0.25, 0.3) is 0 Å². The fourth-order valence-electron chi connectivity index (χ4n) is 2.97. The summed E-state index contributed by atoms with van der Waals surface area (Å²) in [6, 6.07) is 9.40. The standard InChI is InChI=1S/C19H26N4O2/c20-13-15-6-4-7-16(12-15)14-22-18(24)10-5-11-21-19(25)23-17-8-2-1-3-9-17/h4,6-7,12,17H,1-3,5,8-11,14H2,(H,22,24)(H2,21,23,25). The second-order valence-corrected chi connectivity index (χ2v) is 6.43. The molecule has 0 aromatic heterocycles. The number of rotatable bonds is 7. The molecule has 0 heterocycles. The number of hydrogen-bond donors (Lipinski definition) is 3. The molecule has 3 N–H and O–H groups in total. The van der Waals surface area contributed by atoms with Crippen molar-refractivity contribution in [3.05, 3.63) is 35.4 Å². The SMILES string of the molecule is N#Cc1cccc(CNC(=O)CCCNC(=O)NC2CCCCC2)c1. The van der Waals surface area contributed by atoms with Gasteiger partial charge in [-0.1, -0.05) is 31.4 Å². The summed E-state index contributed by atoms with van der Waals surface area (Å²) in [5, 5.41) is 17.5. The first-order valence-corrected chi connectivity index (χ1v) is 8.97. The summed E-state index contributed by atoms with van der Waals surface area (Å²) in [6.07, 6.45) is 6.70. The fraction of sp³-hybridized carbons (Fsp3) is 0.526. The van der Waals surface area contributed by atoms with E-state index in [0.717, 1.165) is 18.4 Å². The first-order valence-electron chi connectivity index (χ1n) is 8.97. The number of hydrogen-bond acceptors (Lipinski definition) is 3. The molecule has 1 aliphatic rings. The van der Waals surface area contributed by atoms with Gasteiger partial charge in [0.1, 0.15) is 0 Å². The van der Waals surface area contributed by atoms with E-state index in [1.807, 2.05) is 6.07 Å². The predicted octanol–water partition coefficient (Wildman–Crippen LogP) is 2.59. The Bertz CT molecular complexity index is 618. The average molecular weight is 342 g/mol. The molecule has 1 saturated carbocycles. The number of nitriles is 1. The third kappa shape index (κ3) is 7.25. The van der Waals surface area contributed by atoms with Crippen molar-refractivity contribution in [3.8, 4) is 6.07 Å². The van der Waals surface area contributed by atoms with Crippen molar-refractivity contribution in [2.24, 2.45) is 0 Å². The van der Waals surface area contributed by atoms with Gasteiger partial charge in [-0.3, -0.25) is 4.79 Å². The highest BCUT2D eigenvalue weighted by atomic mass is 16.2. The Kier molecular flexibility index (Phi) is 7.77. The number of nitrogens with zero attached hydrogens (tertiary/aromatic N) is 1. The van der Waals surface area contributed by atoms with Gasteiger partial charge in [0, 0.05) is 25.6 Å². The molecular formula is C19H26N4O2. The quantitative estimate of drug-likeness (QED) is 0.665. The van der Waals surface area contributed by atoms with Gasteiger partial charge in [-0.05, 0) is 37.0 Å². The van der Waals surface area contributed by atoms with E-state index < -0.39 is 0 Å². The number of urea groups is 1. The molecule has 0 spiro atoms. The van der Waals surface area contributed by atoms with Crippen LogP contribution in [0.2, 0.25) is 0 Å². The summed E-state index contributed by atoms with van der Waals surface area (Å²) >= 11 is 0. The van der Waals surface area contributed by atoms with Gasteiger partial charge in [0.25, 0.3) is 0 Å². The van der Waals surface area contributed by atoms with Gasteiger partial charge >= 0.3 is 6.03 Å². The van der Waals surface area contributed by atoms with Crippen LogP contribution in [-0.2, 0) is 11.3 Å². The second kappa shape index (κ2) is 10.3. The fourth-order valence-corrected chi connectivity index (χ4v) is 2.97. The van der Waals surface area contributed by atoms with Crippen LogP contribution in [-0.4, -0.2) is 24.5 Å². The molecule has 134 valence electrons. The lowest BCUT2D eigenvalue weighted by molar-refractivity contribution is -0.121. The minimum atomic E-state index is -0.138. The maximum atomic E-state index is 11.8. The van der Waals surface area contributed by atoms with Gasteiger partial charge < -0.3 is 16.0 Å². The van der Waals surface area contributed by atoms with E-state index >= 15 is 0 Å². The van der Waals surface area contributed by atoms with Crippen molar-refractivity contribution in [2.45, 2.75) is 57.5 Å². The summed E-state index contributed by atoms with van der Waals surface area (Å²) in [6.45, 7) is 0.889. The van der Waals surface area contributed by atoms with E-state index in [2.05, 4.69) is 22.0 Å². The van der Waals surface area contributed by atoms with Gasteiger partial charge in [-0.25, -0.2) is 4.79 Å². The summed E-state index contributed by atoms with van der Waals surface area (Å²) < 4.78 is 0. The van der Waals surface area contributed by atoms with E-state index in [1.165, 1.54) is 19.3 Å². The zero-order valence-electron chi connectivity index (χ0n) is 14.5. The van der Waals surface area contributed by atoms with Crippen LogP contribution in [0, 0.1) is 11.3 Å². The number of amides is 3. The van der Waals surface area contributed by atoms with Crippen LogP contribution < -0.4 is 16.0 Å². The molecule has 1 aromatic carbocycles. The van der Waals surface area contributed by atoms with Crippen LogP contribution in [0.5, 0.6) is 0 Å². The Balaban J connectivity index is 1.55. The Labute approximate surface area is 149 Å². The van der Waals surface area contributed by atoms with Crippen LogP contribution in [0.1, 0.15) is 56.1 Å². The first kappa shape index (κ1) is 18.8. The van der Waals surface area contributed by atoms with Crippen LogP contribution in [0.15, 0.2) is 24.3 Å². The monoisotopic (exact) mass is 342 g/mol. The largest absolute Gasteiger partial charge is 0.352 e. The van der Waals surface area contributed by atoms with E-state index in [9.17, 15) is 9.59 Å². The van der Waals surface area contributed by atoms with Crippen LogP contribution in [0.3, 0.4) is 0 Å². The highest BCUT2D eigenvalue weighted by molar-refractivity contribution is 5.76. The molecule has 25 heavy (non-hydrogen) atoms. The van der Waals surface area contributed by atoms with E-state index in [1.54, 1.807) is 18.2 Å². The molecule has 6 nitrogen and oxygen atoms in total. The van der Waals surface area contributed by atoms with E-state index in [-0.39, 0.29) is 11.9 Å². The summed E-state index contributed by atoms with van der Waals surface area (Å²) in [4.78, 5) is 23.6. The van der Waals surface area contributed by atoms with Gasteiger partial charge in [-0.2, -0.15) is 5.26 Å². The van der Waals surface area contributed by atoms with Gasteiger partial charge in [0.15, 0.2) is 0 Å². The van der Waals surface area contributed by atoms with Gasteiger partial charge in [0.05, 0.1) is 11.6 Å². The lowest BCUT2D eigenvalue weighted by atomic mass is 9.96. The predicted molar refractivity (Wildman–Crippen MR) is 95.6 cm³/mol. The molecule has 0 radical (unpaired) electrons. The molecule has 0 unspecified atom stereocenters.